The zero-order valence-corrected chi connectivity index (χ0v) is 14.5. The minimum Gasteiger partial charge on any atom is -0.427 e. The summed E-state index contributed by atoms with van der Waals surface area (Å²) in [5.41, 5.74) is 4.87. The van der Waals surface area contributed by atoms with Crippen molar-refractivity contribution in [1.82, 2.24) is 0 Å². The van der Waals surface area contributed by atoms with E-state index in [-0.39, 0.29) is 16.8 Å². The largest absolute Gasteiger partial charge is 0.427 e. The van der Waals surface area contributed by atoms with Gasteiger partial charge >= 0.3 is 5.97 Å². The van der Waals surface area contributed by atoms with Gasteiger partial charge in [-0.25, -0.2) is 0 Å². The first kappa shape index (κ1) is 16.5. The molecule has 0 atom stereocenters. The highest BCUT2D eigenvalue weighted by molar-refractivity contribution is 5.83. The lowest BCUT2D eigenvalue weighted by molar-refractivity contribution is -0.131. The lowest BCUT2D eigenvalue weighted by Gasteiger charge is -2.41. The molecule has 0 saturated heterocycles. The van der Waals surface area contributed by atoms with Gasteiger partial charge in [-0.15, -0.1) is 0 Å². The quantitative estimate of drug-likeness (QED) is 0.546. The summed E-state index contributed by atoms with van der Waals surface area (Å²) >= 11 is 0. The second kappa shape index (κ2) is 5.42. The Labute approximate surface area is 133 Å². The third kappa shape index (κ3) is 3.32. The van der Waals surface area contributed by atoms with Crippen molar-refractivity contribution in [3.8, 4) is 5.75 Å². The van der Waals surface area contributed by atoms with Crippen molar-refractivity contribution in [2.24, 2.45) is 10.8 Å². The minimum atomic E-state index is -0.296. The average molecular weight is 298 g/mol. The smallest absolute Gasteiger partial charge is 0.308 e. The maximum atomic E-state index is 11.1. The minimum absolute atomic E-state index is 0.0780. The van der Waals surface area contributed by atoms with Gasteiger partial charge in [0.05, 0.1) is 0 Å². The molecule has 1 aliphatic rings. The van der Waals surface area contributed by atoms with Crippen LogP contribution in [0.15, 0.2) is 36.4 Å². The Kier molecular flexibility index (Phi) is 4.08. The van der Waals surface area contributed by atoms with Crippen LogP contribution in [-0.4, -0.2) is 5.97 Å². The van der Waals surface area contributed by atoms with Crippen molar-refractivity contribution in [2.75, 3.05) is 0 Å². The molecule has 22 heavy (non-hydrogen) atoms. The molecule has 0 aliphatic heterocycles. The molecule has 0 amide bonds. The van der Waals surface area contributed by atoms with Gasteiger partial charge in [-0.05, 0) is 58.6 Å². The summed E-state index contributed by atoms with van der Waals surface area (Å²) in [6.45, 7) is 16.9. The number of ether oxygens (including phenoxy) is 1. The van der Waals surface area contributed by atoms with Crippen LogP contribution < -0.4 is 4.74 Å². The van der Waals surface area contributed by atoms with Crippen LogP contribution >= 0.6 is 0 Å². The first-order valence-corrected chi connectivity index (χ1v) is 7.74. The fourth-order valence-corrected chi connectivity index (χ4v) is 3.55. The van der Waals surface area contributed by atoms with Gasteiger partial charge in [0.1, 0.15) is 5.75 Å². The first-order chi connectivity index (χ1) is 10.0. The number of carbonyl (C=O) groups excluding carboxylic acids is 1. The molecule has 0 saturated carbocycles. The summed E-state index contributed by atoms with van der Waals surface area (Å²) < 4.78 is 5.17. The number of carbonyl (C=O) groups is 1. The second-order valence-corrected chi connectivity index (χ2v) is 7.66. The topological polar surface area (TPSA) is 26.3 Å². The summed E-state index contributed by atoms with van der Waals surface area (Å²) in [4.78, 5) is 11.1. The van der Waals surface area contributed by atoms with Crippen molar-refractivity contribution in [2.45, 2.75) is 48.0 Å². The van der Waals surface area contributed by atoms with E-state index >= 15 is 0 Å². The van der Waals surface area contributed by atoms with Crippen LogP contribution in [0, 0.1) is 17.8 Å². The van der Waals surface area contributed by atoms with Gasteiger partial charge in [-0.1, -0.05) is 46.4 Å². The van der Waals surface area contributed by atoms with Crippen molar-refractivity contribution < 1.29 is 9.53 Å². The lowest BCUT2D eigenvalue weighted by atomic mass is 9.63. The molecule has 0 fully saturated rings. The summed E-state index contributed by atoms with van der Waals surface area (Å²) in [6, 6.07) is 5.80. The number of aryl methyl sites for hydroxylation is 1. The molecule has 1 aromatic carbocycles. The Morgan fingerprint density at radius 1 is 1.23 bits per heavy atom. The monoisotopic (exact) mass is 298 g/mol. The Morgan fingerprint density at radius 2 is 1.86 bits per heavy atom. The second-order valence-electron chi connectivity index (χ2n) is 7.66. The predicted octanol–water partition coefficient (Wildman–Crippen LogP) is 5.32. The third-order valence-corrected chi connectivity index (χ3v) is 4.32. The van der Waals surface area contributed by atoms with Gasteiger partial charge in [0, 0.05) is 6.92 Å². The maximum Gasteiger partial charge on any atom is 0.308 e. The Bertz CT molecular complexity index is 660. The molecule has 0 unspecified atom stereocenters. The number of hydrogen-bond donors (Lipinski definition) is 0. The Balaban J connectivity index is 2.48. The van der Waals surface area contributed by atoms with E-state index in [0.717, 1.165) is 12.0 Å². The summed E-state index contributed by atoms with van der Waals surface area (Å²) in [5, 5.41) is 0. The molecule has 0 bridgehead atoms. The molecule has 2 nitrogen and oxygen atoms in total. The molecule has 0 radical (unpaired) electrons. The van der Waals surface area contributed by atoms with Gasteiger partial charge in [0.15, 0.2) is 0 Å². The summed E-state index contributed by atoms with van der Waals surface area (Å²) in [5.74, 6) is 0.296. The van der Waals surface area contributed by atoms with Gasteiger partial charge in [-0.3, -0.25) is 4.79 Å². The molecule has 0 spiro atoms. The van der Waals surface area contributed by atoms with Crippen LogP contribution in [0.2, 0.25) is 0 Å². The van der Waals surface area contributed by atoms with Crippen LogP contribution in [-0.2, 0) is 4.79 Å². The zero-order valence-electron chi connectivity index (χ0n) is 14.5. The Hall–Kier alpha value is -1.83. The molecular weight excluding hydrogens is 272 g/mol. The molecule has 1 aliphatic carbocycles. The fourth-order valence-electron chi connectivity index (χ4n) is 3.55. The number of rotatable bonds is 2. The van der Waals surface area contributed by atoms with E-state index in [1.165, 1.54) is 23.6 Å². The van der Waals surface area contributed by atoms with E-state index < -0.39 is 0 Å². The molecule has 1 aromatic rings. The number of allylic oxidation sites excluding steroid dienone is 3. The molecule has 2 rings (SSSR count). The fraction of sp³-hybridized carbons (Fsp3) is 0.450. The first-order valence-electron chi connectivity index (χ1n) is 7.74. The molecule has 2 heteroatoms. The van der Waals surface area contributed by atoms with E-state index in [9.17, 15) is 4.79 Å². The van der Waals surface area contributed by atoms with Crippen molar-refractivity contribution in [3.63, 3.8) is 0 Å². The van der Waals surface area contributed by atoms with Crippen LogP contribution in [0.3, 0.4) is 0 Å². The van der Waals surface area contributed by atoms with Crippen LogP contribution in [0.1, 0.15) is 52.2 Å². The molecule has 0 heterocycles. The molecule has 118 valence electrons. The number of benzene rings is 1. The normalized spacial score (nSPS) is 19.5. The van der Waals surface area contributed by atoms with Gasteiger partial charge < -0.3 is 4.74 Å². The van der Waals surface area contributed by atoms with Crippen LogP contribution in [0.4, 0.5) is 0 Å². The van der Waals surface area contributed by atoms with E-state index in [0.29, 0.717) is 5.75 Å². The highest BCUT2D eigenvalue weighted by Gasteiger charge is 2.36. The third-order valence-electron chi connectivity index (χ3n) is 4.32. The van der Waals surface area contributed by atoms with Gasteiger partial charge in [0.25, 0.3) is 0 Å². The SMILES string of the molecule is C=C1C(c2ccc(OC(C)=O)cc2C)=CC(C)(C)CC1(C)C. The lowest BCUT2D eigenvalue weighted by Crippen LogP contribution is -2.28. The van der Waals surface area contributed by atoms with E-state index in [4.69, 9.17) is 4.74 Å². The van der Waals surface area contributed by atoms with Crippen LogP contribution in [0.5, 0.6) is 5.75 Å². The zero-order chi connectivity index (χ0) is 16.7. The highest BCUT2D eigenvalue weighted by Crippen LogP contribution is 2.50. The average Bonchev–Trinajstić information content (AvgIpc) is 2.32. The number of hydrogen-bond acceptors (Lipinski definition) is 2. The molecule has 0 N–H and O–H groups in total. The summed E-state index contributed by atoms with van der Waals surface area (Å²) in [7, 11) is 0. The maximum absolute atomic E-state index is 11.1. The van der Waals surface area contributed by atoms with Gasteiger partial charge in [-0.2, -0.15) is 0 Å². The van der Waals surface area contributed by atoms with Gasteiger partial charge in [0.2, 0.25) is 0 Å². The van der Waals surface area contributed by atoms with Crippen molar-refractivity contribution in [1.29, 1.82) is 0 Å². The van der Waals surface area contributed by atoms with E-state index in [2.05, 4.69) is 40.3 Å². The summed E-state index contributed by atoms with van der Waals surface area (Å²) in [6.07, 6.45) is 3.42. The molecular formula is C20H26O2. The number of esters is 1. The van der Waals surface area contributed by atoms with E-state index in [1.807, 2.05) is 25.1 Å². The standard InChI is InChI=1S/C20H26O2/c1-13-10-16(22-15(3)21)8-9-17(13)18-11-19(4,5)12-20(6,7)14(18)2/h8-11H,2,12H2,1,3-7H3. The highest BCUT2D eigenvalue weighted by atomic mass is 16.5. The van der Waals surface area contributed by atoms with Crippen molar-refractivity contribution >= 4 is 11.5 Å². The molecule has 0 aromatic heterocycles. The van der Waals surface area contributed by atoms with Crippen molar-refractivity contribution in [3.05, 3.63) is 47.6 Å². The predicted molar refractivity (Wildman–Crippen MR) is 91.8 cm³/mol. The van der Waals surface area contributed by atoms with E-state index in [1.54, 1.807) is 0 Å². The Morgan fingerprint density at radius 3 is 2.41 bits per heavy atom. The van der Waals surface area contributed by atoms with Crippen LogP contribution in [0.25, 0.3) is 5.57 Å².